The minimum absolute atomic E-state index is 0.292. The van der Waals surface area contributed by atoms with Crippen molar-refractivity contribution in [2.75, 3.05) is 20.2 Å². The topological polar surface area (TPSA) is 23.5 Å². The average molecular weight is 185 g/mol. The molecule has 12 heavy (non-hydrogen) atoms. The van der Waals surface area contributed by atoms with Gasteiger partial charge in [0.2, 0.25) is 0 Å². The van der Waals surface area contributed by atoms with Crippen LogP contribution in [-0.4, -0.2) is 41.9 Å². The molecule has 0 atom stereocenters. The number of nitrogens with zero attached hydrogens (tertiary/aromatic N) is 1. The molecule has 0 spiro atoms. The van der Waals surface area contributed by atoms with Crippen molar-refractivity contribution in [1.82, 2.24) is 4.90 Å². The standard InChI is InChI=1S/C7H14F3NO/c1-6(2,5-12)11(3)4-7(8,9)10/h12H,4-5H2,1-3H3. The summed E-state index contributed by atoms with van der Waals surface area (Å²) >= 11 is 0. The Morgan fingerprint density at radius 1 is 1.25 bits per heavy atom. The van der Waals surface area contributed by atoms with Crippen LogP contribution in [0.4, 0.5) is 13.2 Å². The van der Waals surface area contributed by atoms with Crippen molar-refractivity contribution in [3.05, 3.63) is 0 Å². The van der Waals surface area contributed by atoms with E-state index in [1.807, 2.05) is 0 Å². The number of hydrogen-bond acceptors (Lipinski definition) is 2. The molecule has 0 aromatic rings. The lowest BCUT2D eigenvalue weighted by Crippen LogP contribution is -2.48. The number of halogens is 3. The average Bonchev–Trinajstić information content (AvgIpc) is 1.84. The van der Waals surface area contributed by atoms with E-state index in [-0.39, 0.29) is 6.61 Å². The monoisotopic (exact) mass is 185 g/mol. The second-order valence-electron chi connectivity index (χ2n) is 3.44. The molecule has 0 aromatic heterocycles. The summed E-state index contributed by atoms with van der Waals surface area (Å²) < 4.78 is 35.5. The third kappa shape index (κ3) is 3.92. The second kappa shape index (κ2) is 3.62. The smallest absolute Gasteiger partial charge is 0.394 e. The maximum atomic E-state index is 11.8. The first-order valence-corrected chi connectivity index (χ1v) is 3.58. The van der Waals surface area contributed by atoms with Gasteiger partial charge < -0.3 is 5.11 Å². The fourth-order valence-electron chi connectivity index (χ4n) is 0.604. The van der Waals surface area contributed by atoms with Gasteiger partial charge in [-0.25, -0.2) is 0 Å². The van der Waals surface area contributed by atoms with Gasteiger partial charge in [0.05, 0.1) is 13.2 Å². The molecule has 0 bridgehead atoms. The van der Waals surface area contributed by atoms with E-state index in [0.29, 0.717) is 0 Å². The molecule has 0 saturated heterocycles. The van der Waals surface area contributed by atoms with Gasteiger partial charge in [-0.1, -0.05) is 0 Å². The Morgan fingerprint density at radius 2 is 1.67 bits per heavy atom. The Balaban J connectivity index is 4.13. The number of aliphatic hydroxyl groups is 1. The van der Waals surface area contributed by atoms with Crippen LogP contribution in [-0.2, 0) is 0 Å². The van der Waals surface area contributed by atoms with Crippen LogP contribution < -0.4 is 0 Å². The molecule has 1 N–H and O–H groups in total. The zero-order valence-electron chi connectivity index (χ0n) is 7.44. The van der Waals surface area contributed by atoms with Gasteiger partial charge in [0.1, 0.15) is 0 Å². The fourth-order valence-corrected chi connectivity index (χ4v) is 0.604. The van der Waals surface area contributed by atoms with Crippen LogP contribution in [0.5, 0.6) is 0 Å². The van der Waals surface area contributed by atoms with Crippen LogP contribution in [0.1, 0.15) is 13.8 Å². The third-order valence-electron chi connectivity index (χ3n) is 1.84. The van der Waals surface area contributed by atoms with Gasteiger partial charge in [0.15, 0.2) is 0 Å². The predicted octanol–water partition coefficient (Wildman–Crippen LogP) is 1.25. The first-order chi connectivity index (χ1) is 5.19. The van der Waals surface area contributed by atoms with Crippen LogP contribution in [0.3, 0.4) is 0 Å². The van der Waals surface area contributed by atoms with E-state index >= 15 is 0 Å². The van der Waals surface area contributed by atoms with Crippen LogP contribution >= 0.6 is 0 Å². The summed E-state index contributed by atoms with van der Waals surface area (Å²) in [5, 5.41) is 8.75. The highest BCUT2D eigenvalue weighted by atomic mass is 19.4. The van der Waals surface area contributed by atoms with Crippen LogP contribution in [0.15, 0.2) is 0 Å². The maximum absolute atomic E-state index is 11.8. The van der Waals surface area contributed by atoms with E-state index in [4.69, 9.17) is 5.11 Å². The lowest BCUT2D eigenvalue weighted by molar-refractivity contribution is -0.155. The summed E-state index contributed by atoms with van der Waals surface area (Å²) in [5.41, 5.74) is -0.824. The largest absolute Gasteiger partial charge is 0.401 e. The minimum atomic E-state index is -4.21. The van der Waals surface area contributed by atoms with Gasteiger partial charge in [-0.15, -0.1) is 0 Å². The summed E-state index contributed by atoms with van der Waals surface area (Å²) in [6.45, 7) is 1.82. The second-order valence-corrected chi connectivity index (χ2v) is 3.44. The molecule has 0 rings (SSSR count). The van der Waals surface area contributed by atoms with E-state index in [2.05, 4.69) is 0 Å². The van der Waals surface area contributed by atoms with E-state index in [0.717, 1.165) is 4.90 Å². The van der Waals surface area contributed by atoms with Gasteiger partial charge in [-0.2, -0.15) is 13.2 Å². The van der Waals surface area contributed by atoms with Gasteiger partial charge in [-0.3, -0.25) is 4.90 Å². The molecule has 0 aliphatic heterocycles. The molecule has 0 amide bonds. The molecule has 0 aromatic carbocycles. The maximum Gasteiger partial charge on any atom is 0.401 e. The Hall–Kier alpha value is -0.290. The zero-order valence-corrected chi connectivity index (χ0v) is 7.44. The Kier molecular flexibility index (Phi) is 3.53. The lowest BCUT2D eigenvalue weighted by atomic mass is 10.1. The first kappa shape index (κ1) is 11.7. The molecule has 0 unspecified atom stereocenters. The highest BCUT2D eigenvalue weighted by Gasteiger charge is 2.34. The number of hydrogen-bond donors (Lipinski definition) is 1. The summed E-state index contributed by atoms with van der Waals surface area (Å²) in [6.07, 6.45) is -4.21. The zero-order chi connectivity index (χ0) is 9.99. The van der Waals surface area contributed by atoms with E-state index in [9.17, 15) is 13.2 Å². The molecule has 74 valence electrons. The molecular formula is C7H14F3NO. The van der Waals surface area contributed by atoms with Crippen molar-refractivity contribution in [3.63, 3.8) is 0 Å². The molecule has 0 fully saturated rings. The van der Waals surface area contributed by atoms with Gasteiger partial charge in [-0.05, 0) is 20.9 Å². The lowest BCUT2D eigenvalue weighted by Gasteiger charge is -2.34. The van der Waals surface area contributed by atoms with Gasteiger partial charge >= 0.3 is 6.18 Å². The SMILES string of the molecule is CN(CC(F)(F)F)C(C)(C)CO. The number of aliphatic hydroxyl groups excluding tert-OH is 1. The number of rotatable bonds is 3. The minimum Gasteiger partial charge on any atom is -0.394 e. The summed E-state index contributed by atoms with van der Waals surface area (Å²) in [5.74, 6) is 0. The van der Waals surface area contributed by atoms with E-state index in [1.54, 1.807) is 13.8 Å². The molecular weight excluding hydrogens is 171 g/mol. The highest BCUT2D eigenvalue weighted by molar-refractivity contribution is 4.79. The summed E-state index contributed by atoms with van der Waals surface area (Å²) in [4.78, 5) is 1.08. The van der Waals surface area contributed by atoms with Crippen molar-refractivity contribution in [2.45, 2.75) is 25.6 Å². The number of likely N-dealkylation sites (N-methyl/N-ethyl adjacent to an activating group) is 1. The molecule has 2 nitrogen and oxygen atoms in total. The van der Waals surface area contributed by atoms with Gasteiger partial charge in [0.25, 0.3) is 0 Å². The van der Waals surface area contributed by atoms with Gasteiger partial charge in [0, 0.05) is 5.54 Å². The Labute approximate surface area is 70.0 Å². The fraction of sp³-hybridized carbons (Fsp3) is 1.00. The van der Waals surface area contributed by atoms with Crippen LogP contribution in [0.25, 0.3) is 0 Å². The normalized spacial score (nSPS) is 14.0. The number of alkyl halides is 3. The predicted molar refractivity (Wildman–Crippen MR) is 39.8 cm³/mol. The quantitative estimate of drug-likeness (QED) is 0.715. The van der Waals surface area contributed by atoms with Crippen molar-refractivity contribution in [3.8, 4) is 0 Å². The Morgan fingerprint density at radius 3 is 1.92 bits per heavy atom. The van der Waals surface area contributed by atoms with E-state index in [1.165, 1.54) is 7.05 Å². The van der Waals surface area contributed by atoms with Crippen molar-refractivity contribution in [1.29, 1.82) is 0 Å². The van der Waals surface area contributed by atoms with Crippen molar-refractivity contribution >= 4 is 0 Å². The molecule has 0 aliphatic rings. The summed E-state index contributed by atoms with van der Waals surface area (Å²) in [6, 6.07) is 0. The first-order valence-electron chi connectivity index (χ1n) is 3.58. The van der Waals surface area contributed by atoms with Crippen molar-refractivity contribution < 1.29 is 18.3 Å². The third-order valence-corrected chi connectivity index (χ3v) is 1.84. The molecule has 0 aliphatic carbocycles. The molecule has 0 heterocycles. The molecule has 0 saturated carbocycles. The van der Waals surface area contributed by atoms with E-state index < -0.39 is 18.3 Å². The van der Waals surface area contributed by atoms with Crippen LogP contribution in [0.2, 0.25) is 0 Å². The summed E-state index contributed by atoms with van der Waals surface area (Å²) in [7, 11) is 1.34. The molecule has 0 radical (unpaired) electrons. The molecule has 5 heteroatoms. The van der Waals surface area contributed by atoms with Crippen molar-refractivity contribution in [2.24, 2.45) is 0 Å². The highest BCUT2D eigenvalue weighted by Crippen LogP contribution is 2.20. The Bertz CT molecular complexity index is 144. The van der Waals surface area contributed by atoms with Crippen LogP contribution in [0, 0.1) is 0 Å².